The smallest absolute Gasteiger partial charge is 0.275 e. The molecular weight excluding hydrogens is 312 g/mol. The number of nitrogens with one attached hydrogen (secondary N) is 2. The zero-order chi connectivity index (χ0) is 18.1. The maximum absolute atomic E-state index is 11.9. The van der Waals surface area contributed by atoms with Gasteiger partial charge in [-0.05, 0) is 41.5 Å². The number of carbonyl (C=O) groups excluding carboxylic acids is 1. The molecule has 0 aliphatic heterocycles. The topological polar surface area (TPSA) is 61.4 Å². The van der Waals surface area contributed by atoms with Crippen molar-refractivity contribution in [3.8, 4) is 11.1 Å². The third-order valence-electron chi connectivity index (χ3n) is 3.51. The van der Waals surface area contributed by atoms with Crippen molar-refractivity contribution in [3.63, 3.8) is 0 Å². The monoisotopic (exact) mass is 334 g/mol. The van der Waals surface area contributed by atoms with E-state index >= 15 is 0 Å². The number of hydroxylamine groups is 1. The van der Waals surface area contributed by atoms with Gasteiger partial charge < -0.3 is 5.32 Å². The fourth-order valence-corrected chi connectivity index (χ4v) is 2.42. The van der Waals surface area contributed by atoms with E-state index in [1.54, 1.807) is 11.5 Å². The van der Waals surface area contributed by atoms with Crippen LogP contribution in [-0.2, 0) is 0 Å². The molecule has 3 aromatic rings. The van der Waals surface area contributed by atoms with Crippen LogP contribution in [0.4, 0.5) is 11.4 Å². The van der Waals surface area contributed by atoms with E-state index in [0.717, 1.165) is 22.5 Å². The Bertz CT molecular complexity index is 803. The summed E-state index contributed by atoms with van der Waals surface area (Å²) in [5.74, 6) is -0.532. The van der Waals surface area contributed by atoms with Gasteiger partial charge in [-0.15, -0.1) is 0 Å². The molecule has 0 unspecified atom stereocenters. The van der Waals surface area contributed by atoms with Crippen LogP contribution in [0.15, 0.2) is 78.9 Å². The molecule has 25 heavy (non-hydrogen) atoms. The number of hydrogen-bond donors (Lipinski definition) is 3. The van der Waals surface area contributed by atoms with Gasteiger partial charge in [0.2, 0.25) is 0 Å². The van der Waals surface area contributed by atoms with Gasteiger partial charge in [-0.25, -0.2) is 5.48 Å². The van der Waals surface area contributed by atoms with Gasteiger partial charge in [-0.1, -0.05) is 62.4 Å². The standard InChI is InChI=1S/C19H16N2O2.C2H6/c22-19(21-23)17-12-11-16(20-15-9-5-2-6-10-15)13-18(17)14-7-3-1-4-8-14;1-2/h1-13,20,23H,(H,21,22);1-2H3. The van der Waals surface area contributed by atoms with Crippen LogP contribution in [0.5, 0.6) is 0 Å². The summed E-state index contributed by atoms with van der Waals surface area (Å²) in [7, 11) is 0. The molecule has 0 heterocycles. The first-order valence-electron chi connectivity index (χ1n) is 8.24. The minimum absolute atomic E-state index is 0.414. The average molecular weight is 334 g/mol. The van der Waals surface area contributed by atoms with Crippen LogP contribution in [0.25, 0.3) is 11.1 Å². The number of hydrogen-bond acceptors (Lipinski definition) is 3. The van der Waals surface area contributed by atoms with E-state index in [-0.39, 0.29) is 0 Å². The summed E-state index contributed by atoms with van der Waals surface area (Å²) in [6, 6.07) is 24.8. The van der Waals surface area contributed by atoms with Gasteiger partial charge in [-0.3, -0.25) is 10.0 Å². The van der Waals surface area contributed by atoms with Crippen LogP contribution < -0.4 is 10.8 Å². The van der Waals surface area contributed by atoms with Gasteiger partial charge in [-0.2, -0.15) is 0 Å². The van der Waals surface area contributed by atoms with Crippen molar-refractivity contribution >= 4 is 17.3 Å². The largest absolute Gasteiger partial charge is 0.356 e. The molecule has 4 heteroatoms. The second-order valence-corrected chi connectivity index (χ2v) is 5.06. The minimum Gasteiger partial charge on any atom is -0.356 e. The molecule has 0 saturated heterocycles. The van der Waals surface area contributed by atoms with Gasteiger partial charge in [0.15, 0.2) is 0 Å². The van der Waals surface area contributed by atoms with Gasteiger partial charge in [0.1, 0.15) is 0 Å². The molecule has 0 aliphatic rings. The molecule has 0 aromatic heterocycles. The molecule has 1 amide bonds. The maximum atomic E-state index is 11.9. The van der Waals surface area contributed by atoms with Crippen LogP contribution in [0.2, 0.25) is 0 Å². The number of carbonyl (C=O) groups is 1. The number of para-hydroxylation sites is 1. The number of rotatable bonds is 4. The maximum Gasteiger partial charge on any atom is 0.275 e. The predicted octanol–water partition coefficient (Wildman–Crippen LogP) is 5.24. The zero-order valence-electron chi connectivity index (χ0n) is 14.4. The van der Waals surface area contributed by atoms with Crippen LogP contribution in [0.3, 0.4) is 0 Å². The molecule has 0 radical (unpaired) electrons. The van der Waals surface area contributed by atoms with E-state index in [4.69, 9.17) is 5.21 Å². The first kappa shape index (κ1) is 18.2. The summed E-state index contributed by atoms with van der Waals surface area (Å²) in [6.45, 7) is 4.00. The Morgan fingerprint density at radius 1 is 0.800 bits per heavy atom. The van der Waals surface area contributed by atoms with Gasteiger partial charge in [0.25, 0.3) is 5.91 Å². The van der Waals surface area contributed by atoms with E-state index in [0.29, 0.717) is 5.56 Å². The molecule has 3 rings (SSSR count). The molecule has 128 valence electrons. The Hall–Kier alpha value is -3.11. The van der Waals surface area contributed by atoms with Crippen molar-refractivity contribution in [2.75, 3.05) is 5.32 Å². The molecule has 0 fully saturated rings. The molecule has 0 saturated carbocycles. The first-order valence-corrected chi connectivity index (χ1v) is 8.24. The molecule has 0 bridgehead atoms. The Balaban J connectivity index is 0.00000109. The van der Waals surface area contributed by atoms with E-state index < -0.39 is 5.91 Å². The van der Waals surface area contributed by atoms with E-state index in [1.165, 1.54) is 0 Å². The summed E-state index contributed by atoms with van der Waals surface area (Å²) in [5, 5.41) is 12.3. The van der Waals surface area contributed by atoms with Crippen molar-refractivity contribution in [3.05, 3.63) is 84.4 Å². The SMILES string of the molecule is CC.O=C(NO)c1ccc(Nc2ccccc2)cc1-c1ccccc1. The van der Waals surface area contributed by atoms with Crippen molar-refractivity contribution in [1.82, 2.24) is 5.48 Å². The summed E-state index contributed by atoms with van der Waals surface area (Å²) in [4.78, 5) is 11.9. The highest BCUT2D eigenvalue weighted by molar-refractivity contribution is 6.01. The Morgan fingerprint density at radius 2 is 1.40 bits per heavy atom. The van der Waals surface area contributed by atoms with E-state index in [9.17, 15) is 4.79 Å². The van der Waals surface area contributed by atoms with Crippen LogP contribution in [0.1, 0.15) is 24.2 Å². The first-order chi connectivity index (χ1) is 12.3. The normalized spacial score (nSPS) is 9.56. The Morgan fingerprint density at radius 3 is 2.00 bits per heavy atom. The fourth-order valence-electron chi connectivity index (χ4n) is 2.42. The summed E-state index contributed by atoms with van der Waals surface area (Å²) >= 11 is 0. The van der Waals surface area contributed by atoms with Crippen LogP contribution in [0, 0.1) is 0 Å². The van der Waals surface area contributed by atoms with Crippen LogP contribution >= 0.6 is 0 Å². The number of anilines is 2. The zero-order valence-corrected chi connectivity index (χ0v) is 14.4. The third-order valence-corrected chi connectivity index (χ3v) is 3.51. The lowest BCUT2D eigenvalue weighted by atomic mass is 9.98. The fraction of sp³-hybridized carbons (Fsp3) is 0.0952. The summed E-state index contributed by atoms with van der Waals surface area (Å²) < 4.78 is 0. The molecule has 4 nitrogen and oxygen atoms in total. The molecule has 3 N–H and O–H groups in total. The highest BCUT2D eigenvalue weighted by atomic mass is 16.5. The van der Waals surface area contributed by atoms with Crippen molar-refractivity contribution in [2.45, 2.75) is 13.8 Å². The summed E-state index contributed by atoms with van der Waals surface area (Å²) in [6.07, 6.45) is 0. The quantitative estimate of drug-likeness (QED) is 0.451. The second-order valence-electron chi connectivity index (χ2n) is 5.06. The van der Waals surface area contributed by atoms with Crippen LogP contribution in [-0.4, -0.2) is 11.1 Å². The van der Waals surface area contributed by atoms with Crippen molar-refractivity contribution < 1.29 is 10.0 Å². The Kier molecular flexibility index (Phi) is 6.75. The van der Waals surface area contributed by atoms with E-state index in [2.05, 4.69) is 5.32 Å². The lowest BCUT2D eigenvalue weighted by Gasteiger charge is -2.12. The second kappa shape index (κ2) is 9.25. The van der Waals surface area contributed by atoms with Crippen molar-refractivity contribution in [1.29, 1.82) is 0 Å². The lowest BCUT2D eigenvalue weighted by molar-refractivity contribution is 0.0707. The number of amides is 1. The predicted molar refractivity (Wildman–Crippen MR) is 102 cm³/mol. The molecular formula is C21H22N2O2. The highest BCUT2D eigenvalue weighted by Gasteiger charge is 2.13. The molecule has 0 atom stereocenters. The van der Waals surface area contributed by atoms with E-state index in [1.807, 2.05) is 86.6 Å². The van der Waals surface area contributed by atoms with Gasteiger partial charge >= 0.3 is 0 Å². The minimum atomic E-state index is -0.532. The van der Waals surface area contributed by atoms with Gasteiger partial charge in [0, 0.05) is 16.9 Å². The molecule has 0 aliphatic carbocycles. The van der Waals surface area contributed by atoms with Crippen molar-refractivity contribution in [2.24, 2.45) is 0 Å². The lowest BCUT2D eigenvalue weighted by Crippen LogP contribution is -2.19. The Labute approximate surface area is 148 Å². The molecule has 3 aromatic carbocycles. The summed E-state index contributed by atoms with van der Waals surface area (Å²) in [5.41, 5.74) is 5.60. The third kappa shape index (κ3) is 4.68. The highest BCUT2D eigenvalue weighted by Crippen LogP contribution is 2.28. The van der Waals surface area contributed by atoms with Gasteiger partial charge in [0.05, 0.1) is 0 Å². The molecule has 0 spiro atoms. The average Bonchev–Trinajstić information content (AvgIpc) is 2.70. The number of benzene rings is 3.